The zero-order valence-corrected chi connectivity index (χ0v) is 11.2. The van der Waals surface area contributed by atoms with Crippen LogP contribution in [0.3, 0.4) is 0 Å². The second kappa shape index (κ2) is 5.27. The van der Waals surface area contributed by atoms with Crippen molar-refractivity contribution in [3.63, 3.8) is 0 Å². The number of rotatable bonds is 3. The van der Waals surface area contributed by atoms with Crippen LogP contribution in [0.5, 0.6) is 0 Å². The molecule has 2 heterocycles. The second-order valence-corrected chi connectivity index (χ2v) is 6.73. The van der Waals surface area contributed by atoms with Gasteiger partial charge in [-0.1, -0.05) is 19.3 Å². The number of hydrogen-bond donors (Lipinski definition) is 1. The van der Waals surface area contributed by atoms with Crippen LogP contribution in [-0.2, 0) is 0 Å². The second-order valence-electron chi connectivity index (χ2n) is 6.73. The van der Waals surface area contributed by atoms with Crippen molar-refractivity contribution >= 4 is 0 Å². The molecular weight excluding hydrogens is 208 g/mol. The first-order valence-electron chi connectivity index (χ1n) is 7.79. The minimum absolute atomic E-state index is 0.756. The Morgan fingerprint density at radius 2 is 2.00 bits per heavy atom. The maximum absolute atomic E-state index is 3.49. The molecule has 0 amide bonds. The fraction of sp³-hybridized carbons (Fsp3) is 1.00. The van der Waals surface area contributed by atoms with E-state index in [1.165, 1.54) is 84.1 Å². The molecule has 3 fully saturated rings. The van der Waals surface area contributed by atoms with Gasteiger partial charge in [0.25, 0.3) is 0 Å². The minimum Gasteiger partial charge on any atom is -0.316 e. The van der Waals surface area contributed by atoms with E-state index in [1.807, 2.05) is 0 Å². The number of hydrogen-bond acceptors (Lipinski definition) is 2. The molecule has 0 aromatic carbocycles. The van der Waals surface area contributed by atoms with Crippen molar-refractivity contribution < 1.29 is 0 Å². The van der Waals surface area contributed by atoms with Gasteiger partial charge >= 0.3 is 0 Å². The van der Waals surface area contributed by atoms with Crippen molar-refractivity contribution in [2.75, 3.05) is 32.7 Å². The van der Waals surface area contributed by atoms with E-state index < -0.39 is 0 Å². The molecule has 98 valence electrons. The third-order valence-electron chi connectivity index (χ3n) is 5.45. The van der Waals surface area contributed by atoms with Gasteiger partial charge < -0.3 is 10.2 Å². The molecule has 2 aliphatic heterocycles. The quantitative estimate of drug-likeness (QED) is 0.810. The van der Waals surface area contributed by atoms with Crippen LogP contribution in [0, 0.1) is 11.3 Å². The third kappa shape index (κ3) is 2.85. The first kappa shape index (κ1) is 12.0. The smallest absolute Gasteiger partial charge is 0.00385 e. The molecule has 17 heavy (non-hydrogen) atoms. The first-order valence-corrected chi connectivity index (χ1v) is 7.79. The lowest BCUT2D eigenvalue weighted by molar-refractivity contribution is 0.182. The summed E-state index contributed by atoms with van der Waals surface area (Å²) in [7, 11) is 0. The average molecular weight is 236 g/mol. The van der Waals surface area contributed by atoms with E-state index in [0.29, 0.717) is 0 Å². The SMILES string of the molecule is C1CCC2(CC1)CCN(CCC1CCNC1)C2. The highest BCUT2D eigenvalue weighted by molar-refractivity contribution is 4.92. The number of nitrogens with one attached hydrogen (secondary N) is 1. The molecular formula is C15H28N2. The van der Waals surface area contributed by atoms with E-state index in [9.17, 15) is 0 Å². The average Bonchev–Trinajstić information content (AvgIpc) is 2.98. The summed E-state index contributed by atoms with van der Waals surface area (Å²) in [6.07, 6.45) is 11.9. The summed E-state index contributed by atoms with van der Waals surface area (Å²) in [5, 5.41) is 3.49. The van der Waals surface area contributed by atoms with E-state index in [1.54, 1.807) is 0 Å². The van der Waals surface area contributed by atoms with Gasteiger partial charge in [-0.15, -0.1) is 0 Å². The molecule has 2 saturated heterocycles. The molecule has 1 unspecified atom stereocenters. The molecule has 3 aliphatic rings. The molecule has 2 nitrogen and oxygen atoms in total. The van der Waals surface area contributed by atoms with Crippen LogP contribution in [0.15, 0.2) is 0 Å². The lowest BCUT2D eigenvalue weighted by atomic mass is 9.73. The molecule has 3 rings (SSSR count). The summed E-state index contributed by atoms with van der Waals surface area (Å²) < 4.78 is 0. The highest BCUT2D eigenvalue weighted by Crippen LogP contribution is 2.43. The van der Waals surface area contributed by atoms with E-state index in [0.717, 1.165) is 11.3 Å². The molecule has 0 aromatic rings. The molecule has 0 radical (unpaired) electrons. The van der Waals surface area contributed by atoms with Crippen molar-refractivity contribution in [2.45, 2.75) is 51.4 Å². The Kier molecular flexibility index (Phi) is 3.72. The van der Waals surface area contributed by atoms with Crippen molar-refractivity contribution in [1.82, 2.24) is 10.2 Å². The normalized spacial score (nSPS) is 33.5. The fourth-order valence-electron chi connectivity index (χ4n) is 4.25. The molecule has 1 aliphatic carbocycles. The van der Waals surface area contributed by atoms with Crippen molar-refractivity contribution in [2.24, 2.45) is 11.3 Å². The minimum atomic E-state index is 0.756. The van der Waals surface area contributed by atoms with Gasteiger partial charge in [-0.25, -0.2) is 0 Å². The Morgan fingerprint density at radius 1 is 1.12 bits per heavy atom. The Hall–Kier alpha value is -0.0800. The fourth-order valence-corrected chi connectivity index (χ4v) is 4.25. The summed E-state index contributed by atoms with van der Waals surface area (Å²) >= 11 is 0. The van der Waals surface area contributed by atoms with Crippen molar-refractivity contribution in [3.05, 3.63) is 0 Å². The van der Waals surface area contributed by atoms with Crippen LogP contribution in [0.1, 0.15) is 51.4 Å². The third-order valence-corrected chi connectivity index (χ3v) is 5.45. The van der Waals surface area contributed by atoms with Crippen LogP contribution < -0.4 is 5.32 Å². The topological polar surface area (TPSA) is 15.3 Å². The number of nitrogens with zero attached hydrogens (tertiary/aromatic N) is 1. The van der Waals surface area contributed by atoms with Crippen LogP contribution in [0.25, 0.3) is 0 Å². The van der Waals surface area contributed by atoms with Crippen LogP contribution in [-0.4, -0.2) is 37.6 Å². The molecule has 1 saturated carbocycles. The first-order chi connectivity index (χ1) is 8.36. The lowest BCUT2D eigenvalue weighted by Crippen LogP contribution is -2.30. The van der Waals surface area contributed by atoms with Crippen LogP contribution >= 0.6 is 0 Å². The Morgan fingerprint density at radius 3 is 2.76 bits per heavy atom. The molecule has 1 atom stereocenters. The maximum Gasteiger partial charge on any atom is 0.00385 e. The molecule has 2 heteroatoms. The Labute approximate surface area is 106 Å². The van der Waals surface area contributed by atoms with Gasteiger partial charge in [0.2, 0.25) is 0 Å². The van der Waals surface area contributed by atoms with Crippen LogP contribution in [0.2, 0.25) is 0 Å². The van der Waals surface area contributed by atoms with E-state index in [-0.39, 0.29) is 0 Å². The van der Waals surface area contributed by atoms with Crippen molar-refractivity contribution in [3.8, 4) is 0 Å². The largest absolute Gasteiger partial charge is 0.316 e. The Bertz CT molecular complexity index is 239. The van der Waals surface area contributed by atoms with Gasteiger partial charge in [0.1, 0.15) is 0 Å². The summed E-state index contributed by atoms with van der Waals surface area (Å²) in [5.74, 6) is 0.970. The van der Waals surface area contributed by atoms with E-state index >= 15 is 0 Å². The molecule has 1 spiro atoms. The summed E-state index contributed by atoms with van der Waals surface area (Å²) in [4.78, 5) is 2.77. The van der Waals surface area contributed by atoms with Gasteiger partial charge in [-0.05, 0) is 69.6 Å². The summed E-state index contributed by atoms with van der Waals surface area (Å²) in [6.45, 7) is 6.72. The van der Waals surface area contributed by atoms with Crippen LogP contribution in [0.4, 0.5) is 0 Å². The zero-order chi connectivity index (χ0) is 11.6. The molecule has 1 N–H and O–H groups in total. The summed E-state index contributed by atoms with van der Waals surface area (Å²) in [5.41, 5.74) is 0.756. The van der Waals surface area contributed by atoms with Gasteiger partial charge in [0.15, 0.2) is 0 Å². The monoisotopic (exact) mass is 236 g/mol. The predicted molar refractivity (Wildman–Crippen MR) is 72.2 cm³/mol. The predicted octanol–water partition coefficient (Wildman–Crippen LogP) is 2.64. The number of likely N-dealkylation sites (tertiary alicyclic amines) is 1. The summed E-state index contributed by atoms with van der Waals surface area (Å²) in [6, 6.07) is 0. The van der Waals surface area contributed by atoms with E-state index in [4.69, 9.17) is 0 Å². The molecule has 0 bridgehead atoms. The zero-order valence-electron chi connectivity index (χ0n) is 11.2. The highest BCUT2D eigenvalue weighted by Gasteiger charge is 2.38. The van der Waals surface area contributed by atoms with Gasteiger partial charge in [0.05, 0.1) is 0 Å². The Balaban J connectivity index is 1.43. The van der Waals surface area contributed by atoms with Crippen molar-refractivity contribution in [1.29, 1.82) is 0 Å². The highest BCUT2D eigenvalue weighted by atomic mass is 15.2. The van der Waals surface area contributed by atoms with Gasteiger partial charge in [-0.2, -0.15) is 0 Å². The molecule has 0 aromatic heterocycles. The van der Waals surface area contributed by atoms with Gasteiger partial charge in [0, 0.05) is 6.54 Å². The maximum atomic E-state index is 3.49. The van der Waals surface area contributed by atoms with Gasteiger partial charge in [-0.3, -0.25) is 0 Å². The lowest BCUT2D eigenvalue weighted by Gasteiger charge is -2.33. The standard InChI is InChI=1S/C15H28N2/c1-2-6-15(7-3-1)8-11-17(13-15)10-5-14-4-9-16-12-14/h14,16H,1-13H2. The van der Waals surface area contributed by atoms with E-state index in [2.05, 4.69) is 10.2 Å².